The zero-order valence-electron chi connectivity index (χ0n) is 27.6. The summed E-state index contributed by atoms with van der Waals surface area (Å²) < 4.78 is 0. The van der Waals surface area contributed by atoms with E-state index in [0.29, 0.717) is 16.4 Å². The quantitative estimate of drug-likeness (QED) is 0.134. The number of thiazole rings is 1. The number of fused-ring (bicyclic) bond motifs is 3. The first kappa shape index (κ1) is 34.1. The second-order valence-electron chi connectivity index (χ2n) is 12.9. The number of aliphatic hydroxyl groups excluding tert-OH is 3. The molecular formula is C35H39N5O8S. The number of carbonyl (C=O) groups is 3. The van der Waals surface area contributed by atoms with E-state index in [1.54, 1.807) is 19.1 Å². The summed E-state index contributed by atoms with van der Waals surface area (Å²) in [6.07, 6.45) is -1.66. The Morgan fingerprint density at radius 3 is 2.31 bits per heavy atom. The number of hydrogen-bond acceptors (Lipinski definition) is 13. The van der Waals surface area contributed by atoms with Crippen LogP contribution in [-0.4, -0.2) is 97.8 Å². The van der Waals surface area contributed by atoms with Crippen molar-refractivity contribution in [2.75, 3.05) is 37.4 Å². The predicted octanol–water partition coefficient (Wildman–Crippen LogP) is 3.37. The number of rotatable bonds is 8. The molecule has 49 heavy (non-hydrogen) atoms. The molecule has 0 saturated carbocycles. The smallest absolute Gasteiger partial charge is 0.255 e. The van der Waals surface area contributed by atoms with Gasteiger partial charge in [0.2, 0.25) is 5.78 Å². The van der Waals surface area contributed by atoms with Crippen LogP contribution in [0.5, 0.6) is 5.75 Å². The third kappa shape index (κ3) is 5.00. The minimum Gasteiger partial charge on any atom is -0.510 e. The molecule has 0 unspecified atom stereocenters. The molecule has 8 N–H and O–H groups in total. The van der Waals surface area contributed by atoms with Crippen LogP contribution in [0, 0.1) is 11.8 Å². The lowest BCUT2D eigenvalue weighted by molar-refractivity contribution is -0.162. The number of aromatic nitrogens is 1. The average molecular weight is 690 g/mol. The summed E-state index contributed by atoms with van der Waals surface area (Å²) in [6.45, 7) is 7.65. The number of carbonyl (C=O) groups excluding carboxylic acids is 3. The van der Waals surface area contributed by atoms with Crippen LogP contribution in [0.1, 0.15) is 42.6 Å². The highest BCUT2D eigenvalue weighted by Crippen LogP contribution is 2.56. The van der Waals surface area contributed by atoms with Gasteiger partial charge in [-0.1, -0.05) is 25.1 Å². The maximum absolute atomic E-state index is 14.2. The van der Waals surface area contributed by atoms with Gasteiger partial charge in [-0.25, -0.2) is 4.98 Å². The van der Waals surface area contributed by atoms with Gasteiger partial charge in [0.15, 0.2) is 22.3 Å². The van der Waals surface area contributed by atoms with E-state index < -0.39 is 81.4 Å². The van der Waals surface area contributed by atoms with E-state index in [1.165, 1.54) is 30.3 Å². The molecule has 6 rings (SSSR count). The molecule has 2 aromatic carbocycles. The minimum absolute atomic E-state index is 0.147. The topological polar surface area (TPSA) is 210 Å². The van der Waals surface area contributed by atoms with Crippen molar-refractivity contribution in [2.24, 2.45) is 17.6 Å². The van der Waals surface area contributed by atoms with E-state index in [1.807, 2.05) is 29.6 Å². The number of nitrogens with zero attached hydrogens (tertiary/aromatic N) is 3. The number of hydrogen-bond donors (Lipinski definition) is 7. The summed E-state index contributed by atoms with van der Waals surface area (Å²) in [5.41, 5.74) is 4.05. The summed E-state index contributed by atoms with van der Waals surface area (Å²) >= 11 is 1.29. The number of Topliss-reactive ketones (excluding diaryl/α,β-unsaturated/α-hetero) is 2. The molecule has 3 aliphatic carbocycles. The van der Waals surface area contributed by atoms with E-state index in [4.69, 9.17) is 5.73 Å². The normalized spacial score (nSPS) is 26.4. The molecule has 1 aromatic heterocycles. The Balaban J connectivity index is 1.38. The van der Waals surface area contributed by atoms with Crippen molar-refractivity contribution in [3.05, 3.63) is 75.6 Å². The third-order valence-electron chi connectivity index (χ3n) is 10.2. The number of phenols is 1. The number of likely N-dealkylation sites (N-methyl/N-ethyl adjacent to an activating group) is 1. The molecule has 258 valence electrons. The SMILES string of the molecule is CCN(CC)c1ccc(-c2csc(Nc3ccc4c(c3O)C(=O)C3=C(O)[C@@]5(O)C(=O)C(C(N)=O)=C(O)[C@H](N(C)C)[C@H]5[C@H](O)[C@H]3[C@@H]4C)n2)cc1. The summed E-state index contributed by atoms with van der Waals surface area (Å²) in [7, 11) is 2.98. The fraction of sp³-hybridized carbons (Fsp3) is 0.371. The van der Waals surface area contributed by atoms with E-state index in [2.05, 4.69) is 29.0 Å². The summed E-state index contributed by atoms with van der Waals surface area (Å²) in [4.78, 5) is 48.3. The highest BCUT2D eigenvalue weighted by molar-refractivity contribution is 7.14. The molecule has 1 amide bonds. The number of aliphatic hydroxyl groups is 4. The van der Waals surface area contributed by atoms with Crippen LogP contribution in [-0.2, 0) is 9.59 Å². The first-order chi connectivity index (χ1) is 23.2. The van der Waals surface area contributed by atoms with Crippen molar-refractivity contribution in [1.29, 1.82) is 0 Å². The first-order valence-corrected chi connectivity index (χ1v) is 16.8. The van der Waals surface area contributed by atoms with Crippen molar-refractivity contribution < 1.29 is 39.9 Å². The van der Waals surface area contributed by atoms with E-state index in [9.17, 15) is 39.9 Å². The Hall–Kier alpha value is -4.76. The van der Waals surface area contributed by atoms with Crippen LogP contribution in [0.4, 0.5) is 16.5 Å². The lowest BCUT2D eigenvalue weighted by Crippen LogP contribution is -2.68. The van der Waals surface area contributed by atoms with E-state index in [-0.39, 0.29) is 11.3 Å². The van der Waals surface area contributed by atoms with Crippen molar-refractivity contribution in [2.45, 2.75) is 44.4 Å². The van der Waals surface area contributed by atoms with Gasteiger partial charge in [0.05, 0.1) is 35.0 Å². The molecule has 0 bridgehead atoms. The summed E-state index contributed by atoms with van der Waals surface area (Å²) in [5, 5.41) is 63.1. The van der Waals surface area contributed by atoms with Crippen LogP contribution < -0.4 is 16.0 Å². The molecule has 0 saturated heterocycles. The second kappa shape index (κ2) is 12.3. The van der Waals surface area contributed by atoms with Crippen LogP contribution in [0.2, 0.25) is 0 Å². The molecule has 0 aliphatic heterocycles. The van der Waals surface area contributed by atoms with Crippen LogP contribution in [0.25, 0.3) is 11.3 Å². The Morgan fingerprint density at radius 1 is 1.06 bits per heavy atom. The van der Waals surface area contributed by atoms with E-state index in [0.717, 1.165) is 24.3 Å². The Labute approximate surface area is 286 Å². The third-order valence-corrected chi connectivity index (χ3v) is 10.9. The number of nitrogens with one attached hydrogen (secondary N) is 1. The van der Waals surface area contributed by atoms with Crippen molar-refractivity contribution in [3.63, 3.8) is 0 Å². The molecule has 3 aliphatic rings. The van der Waals surface area contributed by atoms with Gasteiger partial charge in [-0.15, -0.1) is 11.3 Å². The summed E-state index contributed by atoms with van der Waals surface area (Å²) in [5.74, 6) is -9.39. The van der Waals surface area contributed by atoms with Gasteiger partial charge in [-0.05, 0) is 57.6 Å². The van der Waals surface area contributed by atoms with Gasteiger partial charge in [0, 0.05) is 41.2 Å². The monoisotopic (exact) mass is 689 g/mol. The average Bonchev–Trinajstić information content (AvgIpc) is 3.53. The van der Waals surface area contributed by atoms with Gasteiger partial charge in [-0.2, -0.15) is 0 Å². The Bertz CT molecular complexity index is 1930. The van der Waals surface area contributed by atoms with Gasteiger partial charge >= 0.3 is 0 Å². The van der Waals surface area contributed by atoms with Crippen LogP contribution in [0.15, 0.2) is 64.4 Å². The molecule has 3 aromatic rings. The number of nitrogens with two attached hydrogens (primary N) is 1. The predicted molar refractivity (Wildman–Crippen MR) is 184 cm³/mol. The van der Waals surface area contributed by atoms with Crippen molar-refractivity contribution in [3.8, 4) is 17.0 Å². The van der Waals surface area contributed by atoms with Crippen molar-refractivity contribution in [1.82, 2.24) is 9.88 Å². The molecule has 0 radical (unpaired) electrons. The molecule has 13 nitrogen and oxygen atoms in total. The largest absolute Gasteiger partial charge is 0.510 e. The van der Waals surface area contributed by atoms with Gasteiger partial charge in [0.1, 0.15) is 17.1 Å². The number of benzene rings is 2. The number of ketones is 2. The Kier molecular flexibility index (Phi) is 8.55. The Morgan fingerprint density at radius 2 is 1.71 bits per heavy atom. The van der Waals surface area contributed by atoms with Gasteiger partial charge in [-0.3, -0.25) is 19.3 Å². The molecule has 1 heterocycles. The zero-order chi connectivity index (χ0) is 35.7. The molecule has 14 heteroatoms. The molecule has 0 fully saturated rings. The number of anilines is 3. The molecule has 6 atom stereocenters. The van der Waals surface area contributed by atoms with Gasteiger partial charge < -0.3 is 41.5 Å². The fourth-order valence-corrected chi connectivity index (χ4v) is 8.47. The number of amides is 1. The highest BCUT2D eigenvalue weighted by Gasteiger charge is 2.67. The summed E-state index contributed by atoms with van der Waals surface area (Å²) in [6, 6.07) is 9.92. The van der Waals surface area contributed by atoms with Crippen LogP contribution in [0.3, 0.4) is 0 Å². The second-order valence-corrected chi connectivity index (χ2v) is 13.7. The number of aromatic hydroxyl groups is 1. The number of primary amides is 1. The standard InChI is InChI=1S/C35H39N5O8S/c1-6-40(7-2)17-10-8-16(9-11-17)20-14-49-34(38-20)37-19-13-12-18-15(3)21-23(28(42)22(18)27(19)41)31(45)35(48)25(29(21)43)26(39(4)5)30(44)24(32(35)46)33(36)47/h8-15,21,25-26,29,41,43-45,48H,6-7H2,1-5H3,(H2,36,47)(H,37,38)/t15-,21+,25+,26-,29-,35-/m1/s1. The maximum atomic E-state index is 14.2. The zero-order valence-corrected chi connectivity index (χ0v) is 28.4. The van der Waals surface area contributed by atoms with Gasteiger partial charge in [0.25, 0.3) is 5.91 Å². The lowest BCUT2D eigenvalue weighted by atomic mass is 9.55. The highest BCUT2D eigenvalue weighted by atomic mass is 32.1. The minimum atomic E-state index is -2.98. The molecule has 0 spiro atoms. The lowest BCUT2D eigenvalue weighted by Gasteiger charge is -2.53. The fourth-order valence-electron chi connectivity index (χ4n) is 7.73. The first-order valence-electron chi connectivity index (χ1n) is 15.9. The number of phenolic OH excluding ortho intramolecular Hbond substituents is 1. The maximum Gasteiger partial charge on any atom is 0.255 e. The van der Waals surface area contributed by atoms with Crippen LogP contribution >= 0.6 is 11.3 Å². The molecular weight excluding hydrogens is 650 g/mol. The van der Waals surface area contributed by atoms with E-state index >= 15 is 0 Å². The van der Waals surface area contributed by atoms with Crippen molar-refractivity contribution >= 4 is 45.3 Å².